The van der Waals surface area contributed by atoms with Gasteiger partial charge in [0.25, 0.3) is 0 Å². The second-order valence-corrected chi connectivity index (χ2v) is 11.4. The molecule has 0 aliphatic heterocycles. The second-order valence-electron chi connectivity index (χ2n) is 11.4. The van der Waals surface area contributed by atoms with E-state index in [0.717, 1.165) is 16.7 Å². The molecule has 0 saturated heterocycles. The molecule has 0 aliphatic rings. The van der Waals surface area contributed by atoms with Crippen molar-refractivity contribution in [2.24, 2.45) is 10.7 Å². The number of ether oxygens (including phenoxy) is 2. The average molecular weight is 554 g/mol. The van der Waals surface area contributed by atoms with E-state index in [-0.39, 0.29) is 11.9 Å². The zero-order valence-corrected chi connectivity index (χ0v) is 24.4. The number of unbranched alkanes of at least 4 members (excludes halogenated alkanes) is 1. The lowest BCUT2D eigenvalue weighted by Crippen LogP contribution is -2.44. The molecule has 2 rings (SSSR count). The summed E-state index contributed by atoms with van der Waals surface area (Å²) in [5.74, 6) is -0.299. The van der Waals surface area contributed by atoms with Gasteiger partial charge in [-0.05, 0) is 77.5 Å². The molecule has 0 unspecified atom stereocenters. The Morgan fingerprint density at radius 2 is 1.35 bits per heavy atom. The van der Waals surface area contributed by atoms with E-state index >= 15 is 0 Å². The highest BCUT2D eigenvalue weighted by Gasteiger charge is 2.20. The Morgan fingerprint density at radius 1 is 0.800 bits per heavy atom. The van der Waals surface area contributed by atoms with Crippen LogP contribution in [0.4, 0.5) is 9.59 Å². The van der Waals surface area contributed by atoms with E-state index in [1.807, 2.05) is 42.5 Å². The molecular formula is C30H43N5O5. The van der Waals surface area contributed by atoms with Crippen LogP contribution in [0.2, 0.25) is 0 Å². The van der Waals surface area contributed by atoms with Crippen LogP contribution in [0.5, 0.6) is 0 Å². The van der Waals surface area contributed by atoms with Crippen molar-refractivity contribution < 1.29 is 23.9 Å². The van der Waals surface area contributed by atoms with Crippen LogP contribution >= 0.6 is 0 Å². The SMILES string of the molecule is CC(C)(C)OC(=O)/N=C(/NCCCCNC(=O)[C@H](N)Cc1ccc(-c2ccccc2)cc1)NC(=O)OC(C)(C)C. The molecule has 3 amide bonds. The van der Waals surface area contributed by atoms with Crippen molar-refractivity contribution in [3.8, 4) is 11.1 Å². The van der Waals surface area contributed by atoms with E-state index in [2.05, 4.69) is 33.1 Å². The van der Waals surface area contributed by atoms with Gasteiger partial charge in [0, 0.05) is 13.1 Å². The zero-order chi connectivity index (χ0) is 29.8. The summed E-state index contributed by atoms with van der Waals surface area (Å²) >= 11 is 0. The topological polar surface area (TPSA) is 144 Å². The van der Waals surface area contributed by atoms with Crippen LogP contribution in [-0.2, 0) is 20.7 Å². The van der Waals surface area contributed by atoms with Crippen molar-refractivity contribution in [2.75, 3.05) is 13.1 Å². The van der Waals surface area contributed by atoms with Gasteiger partial charge in [0.1, 0.15) is 11.2 Å². The lowest BCUT2D eigenvalue weighted by molar-refractivity contribution is -0.122. The number of alkyl carbamates (subject to hydrolysis) is 1. The molecule has 0 bridgehead atoms. The van der Waals surface area contributed by atoms with Gasteiger partial charge in [0.2, 0.25) is 11.9 Å². The molecule has 0 aliphatic carbocycles. The quantitative estimate of drug-likeness (QED) is 0.203. The van der Waals surface area contributed by atoms with Crippen LogP contribution in [0, 0.1) is 0 Å². The molecular weight excluding hydrogens is 510 g/mol. The predicted molar refractivity (Wildman–Crippen MR) is 157 cm³/mol. The smallest absolute Gasteiger partial charge is 0.437 e. The number of nitrogens with one attached hydrogen (secondary N) is 3. The molecule has 218 valence electrons. The standard InChI is InChI=1S/C30H43N5O5/c1-29(2,3)39-27(37)34-26(35-28(38)40-30(4,5)6)33-19-11-10-18-32-25(36)24(31)20-21-14-16-23(17-15-21)22-12-8-7-9-13-22/h7-9,12-17,24H,10-11,18-20,31H2,1-6H3,(H,32,36)(H2,33,34,35,37,38)/t24-/m1/s1. The molecule has 0 heterocycles. The molecule has 10 nitrogen and oxygen atoms in total. The minimum Gasteiger partial charge on any atom is -0.444 e. The zero-order valence-electron chi connectivity index (χ0n) is 24.4. The lowest BCUT2D eigenvalue weighted by atomic mass is 10.0. The number of nitrogens with two attached hydrogens (primary N) is 1. The summed E-state index contributed by atoms with van der Waals surface area (Å²) in [6.07, 6.45) is 0.104. The van der Waals surface area contributed by atoms with Gasteiger partial charge in [-0.25, -0.2) is 9.59 Å². The van der Waals surface area contributed by atoms with Gasteiger partial charge in [0.15, 0.2) is 0 Å². The van der Waals surface area contributed by atoms with Crippen molar-refractivity contribution in [1.29, 1.82) is 0 Å². The Hall–Kier alpha value is -3.92. The monoisotopic (exact) mass is 553 g/mol. The minimum atomic E-state index is -0.845. The molecule has 0 saturated carbocycles. The predicted octanol–water partition coefficient (Wildman–Crippen LogP) is 4.53. The molecule has 40 heavy (non-hydrogen) atoms. The first kappa shape index (κ1) is 32.3. The number of amides is 3. The molecule has 0 spiro atoms. The van der Waals surface area contributed by atoms with Gasteiger partial charge >= 0.3 is 12.2 Å². The van der Waals surface area contributed by atoms with Crippen molar-refractivity contribution in [3.05, 3.63) is 60.2 Å². The van der Waals surface area contributed by atoms with Crippen LogP contribution in [0.15, 0.2) is 59.6 Å². The first-order valence-electron chi connectivity index (χ1n) is 13.4. The van der Waals surface area contributed by atoms with E-state index in [9.17, 15) is 14.4 Å². The highest BCUT2D eigenvalue weighted by molar-refractivity contribution is 5.98. The Morgan fingerprint density at radius 3 is 1.93 bits per heavy atom. The first-order valence-corrected chi connectivity index (χ1v) is 13.4. The third-order valence-corrected chi connectivity index (χ3v) is 5.26. The van der Waals surface area contributed by atoms with Crippen molar-refractivity contribution >= 4 is 24.1 Å². The summed E-state index contributed by atoms with van der Waals surface area (Å²) in [7, 11) is 0. The van der Waals surface area contributed by atoms with Gasteiger partial charge < -0.3 is 25.8 Å². The normalized spacial score (nSPS) is 12.7. The summed E-state index contributed by atoms with van der Waals surface area (Å²) in [5, 5.41) is 8.21. The summed E-state index contributed by atoms with van der Waals surface area (Å²) < 4.78 is 10.4. The first-order chi connectivity index (χ1) is 18.7. The summed E-state index contributed by atoms with van der Waals surface area (Å²) in [6.45, 7) is 11.2. The summed E-state index contributed by atoms with van der Waals surface area (Å²) in [6, 6.07) is 17.5. The molecule has 2 aromatic carbocycles. The van der Waals surface area contributed by atoms with Crippen LogP contribution in [0.25, 0.3) is 11.1 Å². The third-order valence-electron chi connectivity index (χ3n) is 5.26. The van der Waals surface area contributed by atoms with Crippen molar-refractivity contribution in [3.63, 3.8) is 0 Å². The van der Waals surface area contributed by atoms with Crippen LogP contribution in [0.1, 0.15) is 59.9 Å². The molecule has 5 N–H and O–H groups in total. The fourth-order valence-corrected chi connectivity index (χ4v) is 3.50. The largest absolute Gasteiger partial charge is 0.444 e. The number of nitrogens with zero attached hydrogens (tertiary/aromatic N) is 1. The number of rotatable bonds is 9. The van der Waals surface area contributed by atoms with E-state index in [1.165, 1.54) is 0 Å². The van der Waals surface area contributed by atoms with E-state index in [4.69, 9.17) is 15.2 Å². The Bertz CT molecular complexity index is 1140. The molecule has 10 heteroatoms. The Kier molecular flexibility index (Phi) is 12.1. The summed E-state index contributed by atoms with van der Waals surface area (Å²) in [5.41, 5.74) is 7.90. The number of carbonyl (C=O) groups excluding carboxylic acids is 3. The Balaban J connectivity index is 1.77. The second kappa shape index (κ2) is 15.0. The highest BCUT2D eigenvalue weighted by Crippen LogP contribution is 2.19. The molecule has 0 radical (unpaired) electrons. The van der Waals surface area contributed by atoms with Crippen LogP contribution in [0.3, 0.4) is 0 Å². The number of guanidine groups is 1. The maximum Gasteiger partial charge on any atom is 0.437 e. The minimum absolute atomic E-state index is 0.0761. The lowest BCUT2D eigenvalue weighted by Gasteiger charge is -2.21. The van der Waals surface area contributed by atoms with Crippen molar-refractivity contribution in [1.82, 2.24) is 16.0 Å². The highest BCUT2D eigenvalue weighted by atomic mass is 16.6. The van der Waals surface area contributed by atoms with E-state index in [0.29, 0.717) is 32.4 Å². The van der Waals surface area contributed by atoms with E-state index < -0.39 is 29.4 Å². The fraction of sp³-hybridized carbons (Fsp3) is 0.467. The third kappa shape index (κ3) is 13.2. The summed E-state index contributed by atoms with van der Waals surface area (Å²) in [4.78, 5) is 40.6. The average Bonchev–Trinajstić information content (AvgIpc) is 2.84. The van der Waals surface area contributed by atoms with Gasteiger partial charge in [-0.2, -0.15) is 0 Å². The van der Waals surface area contributed by atoms with Gasteiger partial charge in [-0.15, -0.1) is 4.99 Å². The number of aliphatic imine (C=N–C) groups is 1. The maximum atomic E-state index is 12.5. The fourth-order valence-electron chi connectivity index (χ4n) is 3.50. The van der Waals surface area contributed by atoms with Crippen LogP contribution in [-0.4, -0.2) is 54.4 Å². The van der Waals surface area contributed by atoms with Gasteiger partial charge in [-0.3, -0.25) is 10.1 Å². The van der Waals surface area contributed by atoms with Crippen LogP contribution < -0.4 is 21.7 Å². The van der Waals surface area contributed by atoms with Gasteiger partial charge in [-0.1, -0.05) is 54.6 Å². The van der Waals surface area contributed by atoms with Gasteiger partial charge in [0.05, 0.1) is 6.04 Å². The number of benzene rings is 2. The molecule has 2 aromatic rings. The maximum absolute atomic E-state index is 12.5. The molecule has 0 aromatic heterocycles. The molecule has 0 fully saturated rings. The number of hydrogen-bond acceptors (Lipinski definition) is 6. The van der Waals surface area contributed by atoms with Crippen molar-refractivity contribution in [2.45, 2.75) is 78.0 Å². The number of carbonyl (C=O) groups is 3. The Labute approximate surface area is 237 Å². The van der Waals surface area contributed by atoms with E-state index in [1.54, 1.807) is 41.5 Å². The number of hydrogen-bond donors (Lipinski definition) is 4. The molecule has 1 atom stereocenters.